The van der Waals surface area contributed by atoms with E-state index in [1.807, 2.05) is 36.2 Å². The molecular formula is C21H25N3O3. The number of pyridine rings is 1. The fourth-order valence-corrected chi connectivity index (χ4v) is 3.72. The summed E-state index contributed by atoms with van der Waals surface area (Å²) in [7, 11) is 2.01. The molecule has 2 aliphatic rings. The number of carbonyl (C=O) groups excluding carboxylic acids is 1. The van der Waals surface area contributed by atoms with Crippen molar-refractivity contribution in [1.29, 1.82) is 0 Å². The first-order valence-electron chi connectivity index (χ1n) is 9.43. The minimum atomic E-state index is -0.465. The standard InChI is InChI=1S/C21H25N3O3/c1-23(16-17-5-3-2-4-6-17)19-13-18(14-22-15-19)20(25)24-9-7-21(8-10-24)26-11-12-27-21/h2-6,13-15H,7-12,16H2,1H3. The molecule has 3 heterocycles. The van der Waals surface area contributed by atoms with Gasteiger partial charge in [0.25, 0.3) is 5.91 Å². The second-order valence-electron chi connectivity index (χ2n) is 7.17. The number of piperidine rings is 1. The van der Waals surface area contributed by atoms with Crippen molar-refractivity contribution in [3.8, 4) is 0 Å². The third-order valence-corrected chi connectivity index (χ3v) is 5.30. The number of benzene rings is 1. The van der Waals surface area contributed by atoms with Crippen molar-refractivity contribution in [3.63, 3.8) is 0 Å². The number of aromatic nitrogens is 1. The quantitative estimate of drug-likeness (QED) is 0.832. The van der Waals surface area contributed by atoms with Crippen molar-refractivity contribution in [1.82, 2.24) is 9.88 Å². The minimum Gasteiger partial charge on any atom is -0.369 e. The van der Waals surface area contributed by atoms with Gasteiger partial charge in [-0.15, -0.1) is 0 Å². The van der Waals surface area contributed by atoms with Gasteiger partial charge in [-0.25, -0.2) is 0 Å². The number of rotatable bonds is 4. The number of hydrogen-bond donors (Lipinski definition) is 0. The Balaban J connectivity index is 1.42. The molecule has 2 saturated heterocycles. The molecule has 2 fully saturated rings. The Kier molecular flexibility index (Phi) is 5.09. The van der Waals surface area contributed by atoms with Crippen LogP contribution in [0, 0.1) is 0 Å². The summed E-state index contributed by atoms with van der Waals surface area (Å²) in [5.41, 5.74) is 2.77. The van der Waals surface area contributed by atoms with Crippen LogP contribution in [0.5, 0.6) is 0 Å². The van der Waals surface area contributed by atoms with E-state index >= 15 is 0 Å². The van der Waals surface area contributed by atoms with Crippen LogP contribution in [0.4, 0.5) is 5.69 Å². The zero-order valence-electron chi connectivity index (χ0n) is 15.6. The highest BCUT2D eigenvalue weighted by Gasteiger charge is 2.40. The molecule has 1 aromatic carbocycles. The van der Waals surface area contributed by atoms with Crippen LogP contribution in [0.3, 0.4) is 0 Å². The first-order valence-corrected chi connectivity index (χ1v) is 9.43. The number of amides is 1. The van der Waals surface area contributed by atoms with Crippen molar-refractivity contribution in [2.45, 2.75) is 25.2 Å². The molecule has 1 amide bonds. The Morgan fingerprint density at radius 2 is 1.85 bits per heavy atom. The summed E-state index contributed by atoms with van der Waals surface area (Å²) in [5, 5.41) is 0. The van der Waals surface area contributed by atoms with Gasteiger partial charge in [0.15, 0.2) is 5.79 Å². The zero-order chi connectivity index (χ0) is 18.7. The number of likely N-dealkylation sites (tertiary alicyclic amines) is 1. The first kappa shape index (κ1) is 17.9. The summed E-state index contributed by atoms with van der Waals surface area (Å²) >= 11 is 0. The van der Waals surface area contributed by atoms with Gasteiger partial charge < -0.3 is 19.3 Å². The lowest BCUT2D eigenvalue weighted by Crippen LogP contribution is -2.47. The SMILES string of the molecule is CN(Cc1ccccc1)c1cncc(C(=O)N2CCC3(CC2)OCCO3)c1. The fraction of sp³-hybridized carbons (Fsp3) is 0.429. The Morgan fingerprint density at radius 3 is 2.56 bits per heavy atom. The average molecular weight is 367 g/mol. The van der Waals surface area contributed by atoms with Crippen LogP contribution in [0.1, 0.15) is 28.8 Å². The van der Waals surface area contributed by atoms with Crippen LogP contribution in [0.25, 0.3) is 0 Å². The van der Waals surface area contributed by atoms with Gasteiger partial charge in [0.2, 0.25) is 0 Å². The lowest BCUT2D eigenvalue weighted by atomic mass is 10.0. The Hall–Kier alpha value is -2.44. The zero-order valence-corrected chi connectivity index (χ0v) is 15.6. The summed E-state index contributed by atoms with van der Waals surface area (Å²) in [4.78, 5) is 21.2. The van der Waals surface area contributed by atoms with E-state index in [4.69, 9.17) is 9.47 Å². The van der Waals surface area contributed by atoms with Crippen LogP contribution in [0.15, 0.2) is 48.8 Å². The van der Waals surface area contributed by atoms with Gasteiger partial charge in [0.1, 0.15) is 0 Å². The molecule has 4 rings (SSSR count). The van der Waals surface area contributed by atoms with Gasteiger partial charge >= 0.3 is 0 Å². The van der Waals surface area contributed by atoms with Crippen LogP contribution >= 0.6 is 0 Å². The average Bonchev–Trinajstić information content (AvgIpc) is 3.17. The second-order valence-corrected chi connectivity index (χ2v) is 7.17. The predicted molar refractivity (Wildman–Crippen MR) is 103 cm³/mol. The van der Waals surface area contributed by atoms with Crippen molar-refractivity contribution in [2.75, 3.05) is 38.3 Å². The van der Waals surface area contributed by atoms with E-state index in [0.717, 1.165) is 25.1 Å². The third kappa shape index (κ3) is 3.96. The summed E-state index contributed by atoms with van der Waals surface area (Å²) in [6.45, 7) is 3.34. The maximum Gasteiger partial charge on any atom is 0.255 e. The Bertz CT molecular complexity index is 780. The smallest absolute Gasteiger partial charge is 0.255 e. The highest BCUT2D eigenvalue weighted by atomic mass is 16.7. The van der Waals surface area contributed by atoms with Gasteiger partial charge in [-0.2, -0.15) is 0 Å². The van der Waals surface area contributed by atoms with E-state index < -0.39 is 5.79 Å². The molecule has 6 nitrogen and oxygen atoms in total. The molecule has 2 aliphatic heterocycles. The van der Waals surface area contributed by atoms with E-state index in [-0.39, 0.29) is 5.91 Å². The van der Waals surface area contributed by atoms with E-state index in [1.165, 1.54) is 5.56 Å². The number of nitrogens with zero attached hydrogens (tertiary/aromatic N) is 3. The van der Waals surface area contributed by atoms with E-state index in [0.29, 0.717) is 31.9 Å². The molecule has 0 saturated carbocycles. The number of carbonyl (C=O) groups is 1. The van der Waals surface area contributed by atoms with Crippen molar-refractivity contribution >= 4 is 11.6 Å². The van der Waals surface area contributed by atoms with Crippen LogP contribution in [0.2, 0.25) is 0 Å². The monoisotopic (exact) mass is 367 g/mol. The van der Waals surface area contributed by atoms with E-state index in [1.54, 1.807) is 12.4 Å². The first-order chi connectivity index (χ1) is 13.2. The number of hydrogen-bond acceptors (Lipinski definition) is 5. The second kappa shape index (κ2) is 7.66. The number of anilines is 1. The normalized spacial score (nSPS) is 18.6. The highest BCUT2D eigenvalue weighted by molar-refractivity contribution is 5.94. The topological polar surface area (TPSA) is 54.9 Å². The molecule has 0 aliphatic carbocycles. The largest absolute Gasteiger partial charge is 0.369 e. The molecule has 0 N–H and O–H groups in total. The summed E-state index contributed by atoms with van der Waals surface area (Å²) < 4.78 is 11.5. The van der Waals surface area contributed by atoms with Gasteiger partial charge in [-0.1, -0.05) is 30.3 Å². The van der Waals surface area contributed by atoms with Crippen molar-refractivity contribution < 1.29 is 14.3 Å². The Labute approximate surface area is 159 Å². The lowest BCUT2D eigenvalue weighted by Gasteiger charge is -2.37. The molecule has 0 radical (unpaired) electrons. The van der Waals surface area contributed by atoms with Gasteiger partial charge in [0, 0.05) is 45.7 Å². The third-order valence-electron chi connectivity index (χ3n) is 5.30. The molecule has 0 bridgehead atoms. The van der Waals surface area contributed by atoms with Crippen LogP contribution in [-0.4, -0.2) is 54.9 Å². The highest BCUT2D eigenvalue weighted by Crippen LogP contribution is 2.31. The van der Waals surface area contributed by atoms with Gasteiger partial charge in [-0.05, 0) is 11.6 Å². The van der Waals surface area contributed by atoms with Gasteiger partial charge in [-0.3, -0.25) is 9.78 Å². The molecule has 1 aromatic heterocycles. The molecule has 1 spiro atoms. The van der Waals surface area contributed by atoms with Crippen molar-refractivity contribution in [2.24, 2.45) is 0 Å². The molecular weight excluding hydrogens is 342 g/mol. The summed E-state index contributed by atoms with van der Waals surface area (Å²) in [6, 6.07) is 12.2. The van der Waals surface area contributed by atoms with Gasteiger partial charge in [0.05, 0.1) is 30.7 Å². The van der Waals surface area contributed by atoms with Crippen LogP contribution in [-0.2, 0) is 16.0 Å². The molecule has 0 unspecified atom stereocenters. The molecule has 2 aromatic rings. The van der Waals surface area contributed by atoms with E-state index in [2.05, 4.69) is 22.0 Å². The van der Waals surface area contributed by atoms with Crippen molar-refractivity contribution in [3.05, 3.63) is 59.9 Å². The molecule has 27 heavy (non-hydrogen) atoms. The Morgan fingerprint density at radius 1 is 1.15 bits per heavy atom. The van der Waals surface area contributed by atoms with Crippen LogP contribution < -0.4 is 4.90 Å². The fourth-order valence-electron chi connectivity index (χ4n) is 3.72. The van der Waals surface area contributed by atoms with E-state index in [9.17, 15) is 4.79 Å². The molecule has 6 heteroatoms. The maximum atomic E-state index is 12.9. The molecule has 142 valence electrons. The maximum absolute atomic E-state index is 12.9. The number of ether oxygens (including phenoxy) is 2. The molecule has 0 atom stereocenters. The summed E-state index contributed by atoms with van der Waals surface area (Å²) in [5.74, 6) is -0.447. The summed E-state index contributed by atoms with van der Waals surface area (Å²) in [6.07, 6.45) is 4.89. The lowest BCUT2D eigenvalue weighted by molar-refractivity contribution is -0.181. The minimum absolute atomic E-state index is 0.0188. The predicted octanol–water partition coefficient (Wildman–Crippen LogP) is 2.70.